The number of rotatable bonds is 9. The quantitative estimate of drug-likeness (QED) is 0.432. The first-order chi connectivity index (χ1) is 16.4. The lowest BCUT2D eigenvalue weighted by Gasteiger charge is -2.32. The molecule has 0 amide bonds. The van der Waals surface area contributed by atoms with Crippen LogP contribution in [0.5, 0.6) is 0 Å². The highest BCUT2D eigenvalue weighted by atomic mass is 16.6. The zero-order chi connectivity index (χ0) is 24.1. The van der Waals surface area contributed by atoms with Crippen LogP contribution in [0, 0.1) is 6.92 Å². The highest BCUT2D eigenvalue weighted by molar-refractivity contribution is 5.15. The molecule has 2 aromatic carbocycles. The van der Waals surface area contributed by atoms with Gasteiger partial charge in [-0.2, -0.15) is 0 Å². The van der Waals surface area contributed by atoms with Gasteiger partial charge in [-0.15, -0.1) is 0 Å². The summed E-state index contributed by atoms with van der Waals surface area (Å²) in [7, 11) is 0. The molecule has 9 heteroatoms. The maximum absolute atomic E-state index is 12.5. The first kappa shape index (κ1) is 24.1. The van der Waals surface area contributed by atoms with Gasteiger partial charge in [0.25, 0.3) is 5.56 Å². The van der Waals surface area contributed by atoms with Crippen LogP contribution >= 0.6 is 0 Å². The molecule has 1 fully saturated rings. The number of H-pyrrole nitrogens is 1. The molecule has 1 aromatic heterocycles. The Bertz CT molecular complexity index is 1200. The van der Waals surface area contributed by atoms with Crippen LogP contribution in [0.1, 0.15) is 22.9 Å². The molecule has 1 aliphatic heterocycles. The van der Waals surface area contributed by atoms with Gasteiger partial charge in [0.2, 0.25) is 0 Å². The number of aryl methyl sites for hydroxylation is 1. The van der Waals surface area contributed by atoms with Crippen LogP contribution in [-0.4, -0.2) is 50.8 Å². The summed E-state index contributed by atoms with van der Waals surface area (Å²) in [4.78, 5) is 26.5. The van der Waals surface area contributed by atoms with Crippen molar-refractivity contribution in [2.24, 2.45) is 0 Å². The van der Waals surface area contributed by atoms with Gasteiger partial charge in [-0.25, -0.2) is 4.79 Å². The lowest BCUT2D eigenvalue weighted by Crippen LogP contribution is -2.51. The fourth-order valence-electron chi connectivity index (χ4n) is 4.05. The number of ether oxygens (including phenoxy) is 3. The van der Waals surface area contributed by atoms with E-state index >= 15 is 0 Å². The molecule has 2 heterocycles. The number of aliphatic hydroxyl groups is 2. The molecule has 4 atom stereocenters. The van der Waals surface area contributed by atoms with Crippen molar-refractivity contribution < 1.29 is 24.4 Å². The van der Waals surface area contributed by atoms with Crippen LogP contribution in [0.4, 0.5) is 0 Å². The van der Waals surface area contributed by atoms with Gasteiger partial charge in [0.05, 0.1) is 26.4 Å². The van der Waals surface area contributed by atoms with Gasteiger partial charge in [0.15, 0.2) is 6.23 Å². The predicted molar refractivity (Wildman–Crippen MR) is 123 cm³/mol. The molecule has 4 rings (SSSR count). The average molecular weight is 469 g/mol. The van der Waals surface area contributed by atoms with E-state index in [0.717, 1.165) is 15.7 Å². The fraction of sp³-hybridized carbons (Fsp3) is 0.360. The van der Waals surface area contributed by atoms with Crippen LogP contribution < -0.4 is 11.2 Å². The number of nitrogens with zero attached hydrogens (tertiary/aromatic N) is 1. The van der Waals surface area contributed by atoms with Gasteiger partial charge in [-0.05, 0) is 18.1 Å². The van der Waals surface area contributed by atoms with Gasteiger partial charge >= 0.3 is 5.69 Å². The largest absolute Gasteiger partial charge is 0.393 e. The monoisotopic (exact) mass is 468 g/mol. The molecule has 0 unspecified atom stereocenters. The minimum absolute atomic E-state index is 0.0947. The van der Waals surface area contributed by atoms with Gasteiger partial charge < -0.3 is 24.4 Å². The number of hydrogen-bond acceptors (Lipinski definition) is 7. The summed E-state index contributed by atoms with van der Waals surface area (Å²) in [6.45, 7) is 1.34. The van der Waals surface area contributed by atoms with Crippen molar-refractivity contribution >= 4 is 0 Å². The standard InChI is InChI=1S/C25H28N2O7/c1-17-12-27(24(31)26-22(17)30)23-20(29)21(33-14-19-10-6-3-7-11-19)25(15-28,34-23)16-32-13-18-8-4-2-5-9-18/h2-12,20-21,23,28-29H,13-16H2,1H3,(H,26,30,31)/t20-,21+,23+,25+/m0/s1. The molecule has 0 radical (unpaired) electrons. The molecule has 0 spiro atoms. The molecule has 0 bridgehead atoms. The van der Waals surface area contributed by atoms with E-state index in [1.165, 1.54) is 6.20 Å². The third-order valence-corrected chi connectivity index (χ3v) is 5.89. The zero-order valence-corrected chi connectivity index (χ0v) is 18.8. The lowest BCUT2D eigenvalue weighted by molar-refractivity contribution is -0.175. The Hall–Kier alpha value is -3.08. The van der Waals surface area contributed by atoms with Gasteiger partial charge in [0, 0.05) is 11.8 Å². The van der Waals surface area contributed by atoms with Crippen molar-refractivity contribution in [2.45, 2.75) is 44.2 Å². The molecular weight excluding hydrogens is 440 g/mol. The van der Waals surface area contributed by atoms with Crippen LogP contribution in [0.2, 0.25) is 0 Å². The molecule has 180 valence electrons. The zero-order valence-electron chi connectivity index (χ0n) is 18.8. The number of nitrogens with one attached hydrogen (secondary N) is 1. The number of hydrogen-bond donors (Lipinski definition) is 3. The highest BCUT2D eigenvalue weighted by Crippen LogP contribution is 2.39. The summed E-state index contributed by atoms with van der Waals surface area (Å²) < 4.78 is 19.1. The Morgan fingerprint density at radius 3 is 2.26 bits per heavy atom. The first-order valence-electron chi connectivity index (χ1n) is 11.0. The molecule has 0 aliphatic carbocycles. The number of aromatic amines is 1. The van der Waals surface area contributed by atoms with Crippen LogP contribution in [0.15, 0.2) is 76.4 Å². The Labute approximate surface area is 196 Å². The molecule has 1 saturated heterocycles. The molecule has 3 aromatic rings. The van der Waals surface area contributed by atoms with Crippen LogP contribution in [0.3, 0.4) is 0 Å². The van der Waals surface area contributed by atoms with Crippen molar-refractivity contribution in [3.63, 3.8) is 0 Å². The van der Waals surface area contributed by atoms with Crippen molar-refractivity contribution in [1.82, 2.24) is 9.55 Å². The molecule has 9 nitrogen and oxygen atoms in total. The third-order valence-electron chi connectivity index (χ3n) is 5.89. The number of aliphatic hydroxyl groups excluding tert-OH is 2. The molecular formula is C25H28N2O7. The van der Waals surface area contributed by atoms with Crippen LogP contribution in [0.25, 0.3) is 0 Å². The van der Waals surface area contributed by atoms with E-state index in [1.807, 2.05) is 60.7 Å². The van der Waals surface area contributed by atoms with Gasteiger partial charge in [0.1, 0.15) is 17.8 Å². The lowest BCUT2D eigenvalue weighted by atomic mass is 9.96. The second-order valence-corrected chi connectivity index (χ2v) is 8.40. The molecule has 3 N–H and O–H groups in total. The summed E-state index contributed by atoms with van der Waals surface area (Å²) in [6.07, 6.45) is -2.21. The highest BCUT2D eigenvalue weighted by Gasteiger charge is 2.56. The Morgan fingerprint density at radius 2 is 1.65 bits per heavy atom. The topological polar surface area (TPSA) is 123 Å². The second-order valence-electron chi connectivity index (χ2n) is 8.40. The van der Waals surface area contributed by atoms with Gasteiger partial charge in [-0.1, -0.05) is 60.7 Å². The maximum atomic E-state index is 12.5. The normalized spacial score (nSPS) is 24.4. The fourth-order valence-corrected chi connectivity index (χ4v) is 4.05. The van der Waals surface area contributed by atoms with E-state index in [1.54, 1.807) is 6.92 Å². The smallest absolute Gasteiger partial charge is 0.330 e. The SMILES string of the molecule is Cc1cn([C@@H]2O[C@](CO)(COCc3ccccc3)[C@H](OCc3ccccc3)[C@@H]2O)c(=O)[nH]c1=O. The predicted octanol–water partition coefficient (Wildman–Crippen LogP) is 1.27. The van der Waals surface area contributed by atoms with Crippen molar-refractivity contribution in [2.75, 3.05) is 13.2 Å². The van der Waals surface area contributed by atoms with E-state index in [4.69, 9.17) is 14.2 Å². The molecule has 0 saturated carbocycles. The summed E-state index contributed by atoms with van der Waals surface area (Å²) in [5, 5.41) is 21.6. The maximum Gasteiger partial charge on any atom is 0.330 e. The summed E-state index contributed by atoms with van der Waals surface area (Å²) in [5.41, 5.74) is -0.631. The molecule has 34 heavy (non-hydrogen) atoms. The van der Waals surface area contributed by atoms with E-state index in [9.17, 15) is 19.8 Å². The molecule has 1 aliphatic rings. The Morgan fingerprint density at radius 1 is 1.03 bits per heavy atom. The summed E-state index contributed by atoms with van der Waals surface area (Å²) >= 11 is 0. The van der Waals surface area contributed by atoms with E-state index < -0.39 is 41.9 Å². The van der Waals surface area contributed by atoms with E-state index in [-0.39, 0.29) is 25.4 Å². The van der Waals surface area contributed by atoms with E-state index in [2.05, 4.69) is 4.98 Å². The summed E-state index contributed by atoms with van der Waals surface area (Å²) in [5.74, 6) is 0. The van der Waals surface area contributed by atoms with Crippen molar-refractivity contribution in [1.29, 1.82) is 0 Å². The minimum Gasteiger partial charge on any atom is -0.393 e. The summed E-state index contributed by atoms with van der Waals surface area (Å²) in [6, 6.07) is 18.9. The number of aromatic nitrogens is 2. The van der Waals surface area contributed by atoms with Crippen molar-refractivity contribution in [3.05, 3.63) is 104 Å². The Balaban J connectivity index is 1.61. The Kier molecular flexibility index (Phi) is 7.40. The average Bonchev–Trinajstić information content (AvgIpc) is 3.13. The third kappa shape index (κ3) is 5.03. The van der Waals surface area contributed by atoms with E-state index in [0.29, 0.717) is 0 Å². The van der Waals surface area contributed by atoms with Crippen molar-refractivity contribution in [3.8, 4) is 0 Å². The van der Waals surface area contributed by atoms with Crippen LogP contribution in [-0.2, 0) is 27.4 Å². The van der Waals surface area contributed by atoms with Gasteiger partial charge in [-0.3, -0.25) is 14.3 Å². The first-order valence-corrected chi connectivity index (χ1v) is 11.0. The second kappa shape index (κ2) is 10.5. The number of benzene rings is 2. The minimum atomic E-state index is -1.45.